The molecule has 106 valence electrons. The Balaban J connectivity index is 2.12. The molecule has 0 heterocycles. The van der Waals surface area contributed by atoms with Gasteiger partial charge in [-0.15, -0.1) is 6.58 Å². The fourth-order valence-electron chi connectivity index (χ4n) is 2.50. The van der Waals surface area contributed by atoms with Crippen molar-refractivity contribution in [1.82, 2.24) is 5.32 Å². The Bertz CT molecular complexity index is 537. The highest BCUT2D eigenvalue weighted by Gasteiger charge is 2.20. The van der Waals surface area contributed by atoms with Crippen molar-refractivity contribution in [1.29, 1.82) is 0 Å². The van der Waals surface area contributed by atoms with Crippen molar-refractivity contribution in [2.24, 2.45) is 0 Å². The van der Waals surface area contributed by atoms with Crippen molar-refractivity contribution in [3.63, 3.8) is 0 Å². The van der Waals surface area contributed by atoms with Gasteiger partial charge in [0.1, 0.15) is 6.04 Å². The predicted molar refractivity (Wildman–Crippen MR) is 76.8 cm³/mol. The van der Waals surface area contributed by atoms with Gasteiger partial charge in [0.25, 0.3) is 5.91 Å². The van der Waals surface area contributed by atoms with Crippen LogP contribution in [0.5, 0.6) is 0 Å². The second-order valence-electron chi connectivity index (χ2n) is 5.08. The van der Waals surface area contributed by atoms with Crippen LogP contribution in [0.1, 0.15) is 40.7 Å². The zero-order valence-corrected chi connectivity index (χ0v) is 11.4. The van der Waals surface area contributed by atoms with E-state index in [9.17, 15) is 9.59 Å². The molecule has 1 amide bonds. The van der Waals surface area contributed by atoms with Gasteiger partial charge in [-0.3, -0.25) is 4.79 Å². The van der Waals surface area contributed by atoms with Crippen LogP contribution in [0.2, 0.25) is 0 Å². The van der Waals surface area contributed by atoms with E-state index in [0.717, 1.165) is 19.3 Å². The fourth-order valence-corrected chi connectivity index (χ4v) is 2.50. The molecule has 1 aromatic rings. The number of nitrogens with one attached hydrogen (secondary N) is 1. The number of carbonyl (C=O) groups is 2. The smallest absolute Gasteiger partial charge is 0.326 e. The normalized spacial score (nSPS) is 15.0. The van der Waals surface area contributed by atoms with Crippen LogP contribution in [0, 0.1) is 0 Å². The highest BCUT2D eigenvalue weighted by atomic mass is 16.4. The number of carboxylic acids is 1. The van der Waals surface area contributed by atoms with E-state index in [1.165, 1.54) is 23.6 Å². The highest BCUT2D eigenvalue weighted by molar-refractivity contribution is 5.96. The van der Waals surface area contributed by atoms with E-state index in [-0.39, 0.29) is 12.3 Å². The molecule has 0 radical (unpaired) electrons. The number of hydrogen-bond donors (Lipinski definition) is 2. The Morgan fingerprint density at radius 1 is 1.30 bits per heavy atom. The van der Waals surface area contributed by atoms with E-state index in [0.29, 0.717) is 5.56 Å². The number of aryl methyl sites for hydroxylation is 2. The van der Waals surface area contributed by atoms with Crippen LogP contribution in [0.4, 0.5) is 0 Å². The molecule has 1 aromatic carbocycles. The Hall–Kier alpha value is -2.10. The maximum Gasteiger partial charge on any atom is 0.326 e. The van der Waals surface area contributed by atoms with E-state index < -0.39 is 12.0 Å². The maximum absolute atomic E-state index is 12.1. The third-order valence-corrected chi connectivity index (χ3v) is 3.62. The van der Waals surface area contributed by atoms with Gasteiger partial charge in [0, 0.05) is 5.56 Å². The molecular formula is C16H19NO3. The molecule has 0 saturated heterocycles. The van der Waals surface area contributed by atoms with Gasteiger partial charge < -0.3 is 10.4 Å². The third-order valence-electron chi connectivity index (χ3n) is 3.62. The van der Waals surface area contributed by atoms with Gasteiger partial charge in [-0.1, -0.05) is 12.1 Å². The molecule has 2 N–H and O–H groups in total. The van der Waals surface area contributed by atoms with Gasteiger partial charge in [-0.2, -0.15) is 0 Å². The topological polar surface area (TPSA) is 66.4 Å². The molecular weight excluding hydrogens is 254 g/mol. The molecule has 0 bridgehead atoms. The first-order chi connectivity index (χ1) is 9.61. The molecule has 0 aromatic heterocycles. The largest absolute Gasteiger partial charge is 0.480 e. The molecule has 0 saturated carbocycles. The van der Waals surface area contributed by atoms with E-state index in [1.807, 2.05) is 12.1 Å². The molecule has 0 spiro atoms. The number of fused-ring (bicyclic) bond motifs is 1. The zero-order chi connectivity index (χ0) is 14.5. The van der Waals surface area contributed by atoms with Gasteiger partial charge in [0.05, 0.1) is 0 Å². The zero-order valence-electron chi connectivity index (χ0n) is 11.4. The summed E-state index contributed by atoms with van der Waals surface area (Å²) in [5.74, 6) is -1.39. The van der Waals surface area contributed by atoms with Crippen LogP contribution in [0.25, 0.3) is 0 Å². The molecule has 0 aliphatic heterocycles. The minimum Gasteiger partial charge on any atom is -0.480 e. The number of amides is 1. The summed E-state index contributed by atoms with van der Waals surface area (Å²) in [7, 11) is 0. The highest BCUT2D eigenvalue weighted by Crippen LogP contribution is 2.22. The predicted octanol–water partition coefficient (Wildman–Crippen LogP) is 2.32. The van der Waals surface area contributed by atoms with Crippen molar-refractivity contribution in [2.45, 2.75) is 38.1 Å². The monoisotopic (exact) mass is 273 g/mol. The second kappa shape index (κ2) is 6.37. The Morgan fingerprint density at radius 2 is 2.00 bits per heavy atom. The molecule has 1 unspecified atom stereocenters. The summed E-state index contributed by atoms with van der Waals surface area (Å²) in [4.78, 5) is 23.1. The van der Waals surface area contributed by atoms with E-state index >= 15 is 0 Å². The summed E-state index contributed by atoms with van der Waals surface area (Å²) in [6.07, 6.45) is 6.10. The maximum atomic E-state index is 12.1. The van der Waals surface area contributed by atoms with Gasteiger partial charge in [-0.25, -0.2) is 4.79 Å². The molecule has 2 rings (SSSR count). The molecule has 4 heteroatoms. The number of benzene rings is 1. The SMILES string of the molecule is C=CCC(NC(=O)c1ccc2c(c1)CCCC2)C(=O)O. The van der Waals surface area contributed by atoms with Crippen LogP contribution in [-0.4, -0.2) is 23.0 Å². The molecule has 4 nitrogen and oxygen atoms in total. The van der Waals surface area contributed by atoms with Crippen molar-refractivity contribution in [2.75, 3.05) is 0 Å². The summed E-state index contributed by atoms with van der Waals surface area (Å²) >= 11 is 0. The molecule has 0 fully saturated rings. The number of carboxylic acid groups (broad SMARTS) is 1. The first-order valence-electron chi connectivity index (χ1n) is 6.88. The number of aliphatic carboxylic acids is 1. The third kappa shape index (κ3) is 3.26. The minimum atomic E-state index is -1.05. The van der Waals surface area contributed by atoms with E-state index in [2.05, 4.69) is 11.9 Å². The molecule has 1 atom stereocenters. The van der Waals surface area contributed by atoms with Gasteiger partial charge in [0.2, 0.25) is 0 Å². The Labute approximate surface area is 118 Å². The Kier molecular flexibility index (Phi) is 4.56. The van der Waals surface area contributed by atoms with Crippen molar-refractivity contribution < 1.29 is 14.7 Å². The quantitative estimate of drug-likeness (QED) is 0.809. The van der Waals surface area contributed by atoms with E-state index in [1.54, 1.807) is 6.07 Å². The lowest BCUT2D eigenvalue weighted by Gasteiger charge is -2.17. The van der Waals surface area contributed by atoms with Crippen molar-refractivity contribution in [3.8, 4) is 0 Å². The number of carbonyl (C=O) groups excluding carboxylic acids is 1. The molecule has 1 aliphatic rings. The lowest BCUT2D eigenvalue weighted by atomic mass is 9.90. The first-order valence-corrected chi connectivity index (χ1v) is 6.88. The summed E-state index contributed by atoms with van der Waals surface area (Å²) < 4.78 is 0. The van der Waals surface area contributed by atoms with Crippen molar-refractivity contribution in [3.05, 3.63) is 47.5 Å². The lowest BCUT2D eigenvalue weighted by Crippen LogP contribution is -2.40. The second-order valence-corrected chi connectivity index (χ2v) is 5.08. The summed E-state index contributed by atoms with van der Waals surface area (Å²) in [5.41, 5.74) is 3.04. The number of hydrogen-bond acceptors (Lipinski definition) is 2. The molecule has 1 aliphatic carbocycles. The van der Waals surface area contributed by atoms with Crippen LogP contribution in [-0.2, 0) is 17.6 Å². The van der Waals surface area contributed by atoms with Gasteiger partial charge in [-0.05, 0) is 55.4 Å². The average Bonchev–Trinajstić information content (AvgIpc) is 2.46. The molecule has 20 heavy (non-hydrogen) atoms. The first kappa shape index (κ1) is 14.3. The minimum absolute atomic E-state index is 0.214. The Morgan fingerprint density at radius 3 is 2.65 bits per heavy atom. The number of rotatable bonds is 5. The van der Waals surface area contributed by atoms with Crippen LogP contribution in [0.15, 0.2) is 30.9 Å². The standard InChI is InChI=1S/C16H19NO3/c1-2-5-14(16(19)20)17-15(18)13-9-8-11-6-3-4-7-12(11)10-13/h2,8-10,14H,1,3-7H2,(H,17,18)(H,19,20). The van der Waals surface area contributed by atoms with Crippen LogP contribution < -0.4 is 5.32 Å². The van der Waals surface area contributed by atoms with Crippen LogP contribution in [0.3, 0.4) is 0 Å². The fraction of sp³-hybridized carbons (Fsp3) is 0.375. The summed E-state index contributed by atoms with van der Waals surface area (Å²) in [6.45, 7) is 3.51. The van der Waals surface area contributed by atoms with Crippen molar-refractivity contribution >= 4 is 11.9 Å². The van der Waals surface area contributed by atoms with Gasteiger partial charge in [0.15, 0.2) is 0 Å². The van der Waals surface area contributed by atoms with Gasteiger partial charge >= 0.3 is 5.97 Å². The lowest BCUT2D eigenvalue weighted by molar-refractivity contribution is -0.139. The average molecular weight is 273 g/mol. The van der Waals surface area contributed by atoms with E-state index in [4.69, 9.17) is 5.11 Å². The summed E-state index contributed by atoms with van der Waals surface area (Å²) in [5, 5.41) is 11.6. The summed E-state index contributed by atoms with van der Waals surface area (Å²) in [6, 6.07) is 4.71. The van der Waals surface area contributed by atoms with Crippen LogP contribution >= 0.6 is 0 Å².